The third-order valence-corrected chi connectivity index (χ3v) is 5.12. The van der Waals surface area contributed by atoms with Crippen LogP contribution >= 0.6 is 37.2 Å². The number of hydrogen-bond acceptors (Lipinski definition) is 5. The van der Waals surface area contributed by atoms with Crippen LogP contribution in [0.5, 0.6) is 0 Å². The number of fused-ring (bicyclic) bond motifs is 1. The minimum Gasteiger partial charge on any atom is -0.351 e. The Hall–Kier alpha value is -0.570. The molecule has 0 radical (unpaired) electrons. The van der Waals surface area contributed by atoms with Gasteiger partial charge in [0, 0.05) is 63.5 Å². The molecule has 3 rings (SSSR count). The van der Waals surface area contributed by atoms with Crippen molar-refractivity contribution >= 4 is 43.1 Å². The molecule has 0 aliphatic carbocycles. The van der Waals surface area contributed by atoms with E-state index >= 15 is 0 Å². The Morgan fingerprint density at radius 2 is 1.81 bits per heavy atom. The van der Waals surface area contributed by atoms with E-state index in [-0.39, 0.29) is 43.1 Å². The quantitative estimate of drug-likeness (QED) is 0.556. The lowest BCUT2D eigenvalue weighted by atomic mass is 10.1. The van der Waals surface area contributed by atoms with Crippen molar-refractivity contribution < 1.29 is 4.79 Å². The molecule has 0 saturated carbocycles. The fraction of sp³-hybridized carbons (Fsp3) is 0.765. The first-order chi connectivity index (χ1) is 11.8. The normalized spacial score (nSPS) is 17.1. The first kappa shape index (κ1) is 26.4. The number of unbranched alkanes of at least 4 members (excludes halogenated alkanes) is 1. The molecule has 1 saturated heterocycles. The smallest absolute Gasteiger partial charge is 0.272 e. The van der Waals surface area contributed by atoms with E-state index in [0.717, 1.165) is 63.2 Å². The van der Waals surface area contributed by atoms with Gasteiger partial charge in [-0.3, -0.25) is 9.89 Å². The standard InChI is InChI=1S/C17H30N6O.3ClH/c1-2-22-9-11-23(12-10-22)8-4-3-6-19-17(24)16-14-13-18-7-5-15(14)20-21-16;;;/h18H,2-13H2,1H3,(H,19,24)(H,20,21);3*1H. The van der Waals surface area contributed by atoms with Crippen LogP contribution in [0.4, 0.5) is 0 Å². The summed E-state index contributed by atoms with van der Waals surface area (Å²) in [4.78, 5) is 17.3. The molecular formula is C17H33Cl3N6O. The highest BCUT2D eigenvalue weighted by Gasteiger charge is 2.21. The highest BCUT2D eigenvalue weighted by Crippen LogP contribution is 2.15. The monoisotopic (exact) mass is 442 g/mol. The lowest BCUT2D eigenvalue weighted by molar-refractivity contribution is 0.0945. The van der Waals surface area contributed by atoms with Crippen LogP contribution in [-0.4, -0.2) is 78.3 Å². The van der Waals surface area contributed by atoms with E-state index < -0.39 is 0 Å². The third-order valence-electron chi connectivity index (χ3n) is 5.12. The minimum atomic E-state index is -0.0484. The topological polar surface area (TPSA) is 76.3 Å². The molecule has 27 heavy (non-hydrogen) atoms. The third kappa shape index (κ3) is 7.40. The van der Waals surface area contributed by atoms with Crippen LogP contribution in [0.1, 0.15) is 41.5 Å². The van der Waals surface area contributed by atoms with Crippen molar-refractivity contribution in [1.82, 2.24) is 30.6 Å². The summed E-state index contributed by atoms with van der Waals surface area (Å²) in [5.74, 6) is -0.0484. The van der Waals surface area contributed by atoms with Gasteiger partial charge in [0.25, 0.3) is 5.91 Å². The van der Waals surface area contributed by atoms with E-state index in [9.17, 15) is 4.79 Å². The van der Waals surface area contributed by atoms with E-state index in [1.165, 1.54) is 26.2 Å². The molecule has 2 aliphatic rings. The van der Waals surface area contributed by atoms with Crippen molar-refractivity contribution in [2.45, 2.75) is 32.7 Å². The van der Waals surface area contributed by atoms with Gasteiger partial charge in [-0.25, -0.2) is 0 Å². The molecule has 2 aliphatic heterocycles. The molecule has 7 nitrogen and oxygen atoms in total. The van der Waals surface area contributed by atoms with Gasteiger partial charge in [-0.2, -0.15) is 5.10 Å². The van der Waals surface area contributed by atoms with Crippen LogP contribution < -0.4 is 10.6 Å². The summed E-state index contributed by atoms with van der Waals surface area (Å²) in [6.07, 6.45) is 3.07. The number of nitrogens with zero attached hydrogens (tertiary/aromatic N) is 3. The van der Waals surface area contributed by atoms with Crippen molar-refractivity contribution in [2.24, 2.45) is 0 Å². The number of halogens is 3. The van der Waals surface area contributed by atoms with Crippen molar-refractivity contribution in [1.29, 1.82) is 0 Å². The number of piperazine rings is 1. The maximum Gasteiger partial charge on any atom is 0.272 e. The van der Waals surface area contributed by atoms with E-state index in [1.807, 2.05) is 0 Å². The molecule has 1 aromatic heterocycles. The van der Waals surface area contributed by atoms with Gasteiger partial charge in [0.15, 0.2) is 5.69 Å². The van der Waals surface area contributed by atoms with Crippen LogP contribution in [-0.2, 0) is 13.0 Å². The summed E-state index contributed by atoms with van der Waals surface area (Å²) in [7, 11) is 0. The van der Waals surface area contributed by atoms with Gasteiger partial charge in [-0.05, 0) is 25.9 Å². The molecule has 1 fully saturated rings. The molecule has 10 heteroatoms. The van der Waals surface area contributed by atoms with Gasteiger partial charge in [0.2, 0.25) is 0 Å². The Morgan fingerprint density at radius 1 is 1.11 bits per heavy atom. The zero-order valence-corrected chi connectivity index (χ0v) is 18.4. The fourth-order valence-corrected chi connectivity index (χ4v) is 3.49. The van der Waals surface area contributed by atoms with Gasteiger partial charge in [-0.1, -0.05) is 6.92 Å². The van der Waals surface area contributed by atoms with Crippen LogP contribution in [0.3, 0.4) is 0 Å². The number of carbonyl (C=O) groups excluding carboxylic acids is 1. The predicted molar refractivity (Wildman–Crippen MR) is 116 cm³/mol. The van der Waals surface area contributed by atoms with Gasteiger partial charge in [-0.15, -0.1) is 37.2 Å². The zero-order chi connectivity index (χ0) is 16.8. The van der Waals surface area contributed by atoms with Crippen LogP contribution in [0, 0.1) is 0 Å². The Balaban J connectivity index is 0.00000225. The summed E-state index contributed by atoms with van der Waals surface area (Å²) in [6.45, 7) is 11.6. The maximum atomic E-state index is 12.3. The van der Waals surface area contributed by atoms with Crippen molar-refractivity contribution in [3.05, 3.63) is 17.0 Å². The number of rotatable bonds is 7. The Labute approximate surface area is 180 Å². The molecule has 1 aromatic rings. The van der Waals surface area contributed by atoms with E-state index in [1.54, 1.807) is 0 Å². The van der Waals surface area contributed by atoms with Gasteiger partial charge >= 0.3 is 0 Å². The molecular weight excluding hydrogens is 411 g/mol. The molecule has 0 unspecified atom stereocenters. The van der Waals surface area contributed by atoms with Crippen molar-refractivity contribution in [3.63, 3.8) is 0 Å². The van der Waals surface area contributed by atoms with E-state index in [0.29, 0.717) is 5.69 Å². The summed E-state index contributed by atoms with van der Waals surface area (Å²) < 4.78 is 0. The Kier molecular flexibility index (Phi) is 13.3. The number of likely N-dealkylation sites (N-methyl/N-ethyl adjacent to an activating group) is 1. The molecule has 158 valence electrons. The number of hydrogen-bond donors (Lipinski definition) is 3. The molecule has 0 atom stereocenters. The number of aromatic amines is 1. The average molecular weight is 444 g/mol. The predicted octanol–water partition coefficient (Wildman–Crippen LogP) is 1.47. The number of amides is 1. The Bertz CT molecular complexity index is 549. The molecule has 0 bridgehead atoms. The number of H-pyrrole nitrogens is 1. The SMILES string of the molecule is CCN1CCN(CCCCNC(=O)c2n[nH]c3c2CNCC3)CC1.Cl.Cl.Cl. The molecule has 1 amide bonds. The highest BCUT2D eigenvalue weighted by atomic mass is 35.5. The van der Waals surface area contributed by atoms with Crippen molar-refractivity contribution in [2.75, 3.05) is 52.4 Å². The van der Waals surface area contributed by atoms with Gasteiger partial charge < -0.3 is 20.4 Å². The molecule has 3 N–H and O–H groups in total. The van der Waals surface area contributed by atoms with Gasteiger partial charge in [0.1, 0.15) is 0 Å². The second-order valence-electron chi connectivity index (χ2n) is 6.70. The minimum absolute atomic E-state index is 0. The highest BCUT2D eigenvalue weighted by molar-refractivity contribution is 5.94. The van der Waals surface area contributed by atoms with Gasteiger partial charge in [0.05, 0.1) is 0 Å². The summed E-state index contributed by atoms with van der Waals surface area (Å²) in [5, 5.41) is 13.5. The van der Waals surface area contributed by atoms with Crippen molar-refractivity contribution in [3.8, 4) is 0 Å². The molecule has 0 aromatic carbocycles. The summed E-state index contributed by atoms with van der Waals surface area (Å²) in [6, 6.07) is 0. The maximum absolute atomic E-state index is 12.3. The van der Waals surface area contributed by atoms with E-state index in [4.69, 9.17) is 0 Å². The largest absolute Gasteiger partial charge is 0.351 e. The summed E-state index contributed by atoms with van der Waals surface area (Å²) >= 11 is 0. The lowest BCUT2D eigenvalue weighted by Gasteiger charge is -2.33. The zero-order valence-electron chi connectivity index (χ0n) is 16.0. The Morgan fingerprint density at radius 3 is 2.52 bits per heavy atom. The second kappa shape index (κ2) is 13.6. The number of carbonyl (C=O) groups is 1. The van der Waals surface area contributed by atoms with Crippen LogP contribution in [0.25, 0.3) is 0 Å². The van der Waals surface area contributed by atoms with Crippen LogP contribution in [0.2, 0.25) is 0 Å². The first-order valence-electron chi connectivity index (χ1n) is 9.27. The molecule has 3 heterocycles. The summed E-state index contributed by atoms with van der Waals surface area (Å²) in [5.41, 5.74) is 2.70. The van der Waals surface area contributed by atoms with Crippen LogP contribution in [0.15, 0.2) is 0 Å². The lowest BCUT2D eigenvalue weighted by Crippen LogP contribution is -2.46. The van der Waals surface area contributed by atoms with E-state index in [2.05, 4.69) is 37.6 Å². The number of aromatic nitrogens is 2. The second-order valence-corrected chi connectivity index (χ2v) is 6.70. The fourth-order valence-electron chi connectivity index (χ4n) is 3.49. The number of nitrogens with one attached hydrogen (secondary N) is 3. The molecule has 0 spiro atoms. The average Bonchev–Trinajstić information content (AvgIpc) is 3.06. The first-order valence-corrected chi connectivity index (χ1v) is 9.27.